The molecular weight excluding hydrogens is 546 g/mol. The molecule has 5 aromatic carbocycles. The summed E-state index contributed by atoms with van der Waals surface area (Å²) in [5, 5.41) is 13.0. The number of para-hydroxylation sites is 2. The maximum absolute atomic E-state index is 5.88. The van der Waals surface area contributed by atoms with Crippen LogP contribution in [-0.2, 0) is 4.74 Å². The average molecular weight is 582 g/mol. The topological polar surface area (TPSA) is 56.2 Å². The zero-order valence-corrected chi connectivity index (χ0v) is 24.9. The van der Waals surface area contributed by atoms with Gasteiger partial charge in [0.2, 0.25) is 0 Å². The highest BCUT2D eigenvalue weighted by Gasteiger charge is 2.23. The molecule has 0 spiro atoms. The summed E-state index contributed by atoms with van der Waals surface area (Å²) in [6, 6.07) is 45.1. The summed E-state index contributed by atoms with van der Waals surface area (Å²) in [7, 11) is 3.89. The SMILES string of the molecule is CN(/N=C/c1ccc(N(c2ccc(/C=N/N(C)c3ccccc3)cc2)c2ccc(OCC3CO3)cc2)cc1)c1ccccc1. The number of benzene rings is 5. The number of hydrazone groups is 2. The Morgan fingerprint density at radius 1 is 0.591 bits per heavy atom. The average Bonchev–Trinajstić information content (AvgIpc) is 3.92. The molecule has 0 N–H and O–H groups in total. The van der Waals surface area contributed by atoms with E-state index < -0.39 is 0 Å². The fraction of sp³-hybridized carbons (Fsp3) is 0.135. The van der Waals surface area contributed by atoms with Crippen LogP contribution in [0.15, 0.2) is 144 Å². The van der Waals surface area contributed by atoms with Crippen molar-refractivity contribution in [2.45, 2.75) is 6.10 Å². The summed E-state index contributed by atoms with van der Waals surface area (Å²) in [4.78, 5) is 2.22. The normalized spacial score (nSPS) is 14.1. The van der Waals surface area contributed by atoms with Gasteiger partial charge in [0, 0.05) is 31.2 Å². The van der Waals surface area contributed by atoms with E-state index in [-0.39, 0.29) is 6.10 Å². The van der Waals surface area contributed by atoms with E-state index in [0.717, 1.165) is 51.9 Å². The lowest BCUT2D eigenvalue weighted by Crippen LogP contribution is -2.11. The van der Waals surface area contributed by atoms with Crippen LogP contribution < -0.4 is 19.7 Å². The van der Waals surface area contributed by atoms with E-state index >= 15 is 0 Å². The molecule has 5 aromatic rings. The summed E-state index contributed by atoms with van der Waals surface area (Å²) in [5.41, 5.74) is 7.17. The van der Waals surface area contributed by atoms with Gasteiger partial charge in [0.05, 0.1) is 30.4 Å². The molecule has 1 saturated heterocycles. The van der Waals surface area contributed by atoms with Gasteiger partial charge < -0.3 is 14.4 Å². The highest BCUT2D eigenvalue weighted by Crippen LogP contribution is 2.35. The number of nitrogens with zero attached hydrogens (tertiary/aromatic N) is 5. The summed E-state index contributed by atoms with van der Waals surface area (Å²) in [6.07, 6.45) is 3.96. The van der Waals surface area contributed by atoms with Crippen molar-refractivity contribution in [2.24, 2.45) is 10.2 Å². The fourth-order valence-corrected chi connectivity index (χ4v) is 4.64. The third-order valence-electron chi connectivity index (χ3n) is 7.26. The molecule has 1 fully saturated rings. The van der Waals surface area contributed by atoms with Crippen molar-refractivity contribution in [3.8, 4) is 5.75 Å². The molecular formula is C37H35N5O2. The van der Waals surface area contributed by atoms with Gasteiger partial charge in [-0.05, 0) is 83.9 Å². The largest absolute Gasteiger partial charge is 0.491 e. The van der Waals surface area contributed by atoms with Crippen LogP contribution in [0.4, 0.5) is 28.4 Å². The minimum Gasteiger partial charge on any atom is -0.491 e. The molecule has 44 heavy (non-hydrogen) atoms. The quantitative estimate of drug-likeness (QED) is 0.0853. The molecule has 7 nitrogen and oxygen atoms in total. The van der Waals surface area contributed by atoms with Crippen molar-refractivity contribution in [3.63, 3.8) is 0 Å². The van der Waals surface area contributed by atoms with E-state index in [9.17, 15) is 0 Å². The predicted octanol–water partition coefficient (Wildman–Crippen LogP) is 7.87. The van der Waals surface area contributed by atoms with Crippen LogP contribution >= 0.6 is 0 Å². The summed E-state index contributed by atoms with van der Waals surface area (Å²) >= 11 is 0. The number of ether oxygens (including phenoxy) is 2. The molecule has 0 saturated carbocycles. The number of hydrogen-bond acceptors (Lipinski definition) is 7. The van der Waals surface area contributed by atoms with E-state index in [2.05, 4.69) is 75.8 Å². The lowest BCUT2D eigenvalue weighted by atomic mass is 10.1. The van der Waals surface area contributed by atoms with E-state index in [1.165, 1.54) is 0 Å². The zero-order valence-electron chi connectivity index (χ0n) is 24.9. The predicted molar refractivity (Wildman–Crippen MR) is 181 cm³/mol. The monoisotopic (exact) mass is 581 g/mol. The maximum atomic E-state index is 5.88. The molecule has 7 heteroatoms. The third-order valence-corrected chi connectivity index (χ3v) is 7.26. The Morgan fingerprint density at radius 3 is 1.41 bits per heavy atom. The van der Waals surface area contributed by atoms with Gasteiger partial charge in [0.15, 0.2) is 0 Å². The second-order valence-electron chi connectivity index (χ2n) is 10.5. The molecule has 1 atom stereocenters. The Kier molecular flexibility index (Phi) is 8.95. The van der Waals surface area contributed by atoms with Crippen LogP contribution in [-0.4, -0.2) is 45.8 Å². The van der Waals surface area contributed by atoms with Gasteiger partial charge in [-0.2, -0.15) is 10.2 Å². The molecule has 220 valence electrons. The molecule has 0 amide bonds. The standard InChI is InChI=1S/C37H35N5O2/c1-40(31-9-5-3-6-10-31)38-25-29-13-17-33(18-14-29)42(35-21-23-36(24-22-35)43-27-37-28-44-37)34-19-15-30(16-20-34)26-39-41(2)32-11-7-4-8-12-32/h3-26,37H,27-28H2,1-2H3/b38-25+,39-26+. The number of epoxide rings is 1. The summed E-state index contributed by atoms with van der Waals surface area (Å²) < 4.78 is 11.2. The van der Waals surface area contributed by atoms with Crippen molar-refractivity contribution >= 4 is 40.9 Å². The van der Waals surface area contributed by atoms with Crippen LogP contribution in [0.25, 0.3) is 0 Å². The first kappa shape index (κ1) is 28.7. The fourth-order valence-electron chi connectivity index (χ4n) is 4.64. The van der Waals surface area contributed by atoms with E-state index in [4.69, 9.17) is 9.47 Å². The first-order chi connectivity index (χ1) is 21.6. The molecule has 1 unspecified atom stereocenters. The molecule has 1 aliphatic heterocycles. The van der Waals surface area contributed by atoms with Gasteiger partial charge in [-0.15, -0.1) is 0 Å². The smallest absolute Gasteiger partial charge is 0.119 e. The van der Waals surface area contributed by atoms with Crippen molar-refractivity contribution in [3.05, 3.63) is 145 Å². The Morgan fingerprint density at radius 2 is 1.00 bits per heavy atom. The second-order valence-corrected chi connectivity index (χ2v) is 10.5. The zero-order chi connectivity index (χ0) is 30.1. The van der Waals surface area contributed by atoms with Gasteiger partial charge in [-0.3, -0.25) is 10.0 Å². The van der Waals surface area contributed by atoms with Crippen molar-refractivity contribution < 1.29 is 9.47 Å². The summed E-state index contributed by atoms with van der Waals surface area (Å²) in [6.45, 7) is 1.35. The first-order valence-electron chi connectivity index (χ1n) is 14.6. The number of hydrogen-bond donors (Lipinski definition) is 0. The third kappa shape index (κ3) is 7.51. The minimum absolute atomic E-state index is 0.218. The van der Waals surface area contributed by atoms with Gasteiger partial charge in [-0.25, -0.2) is 0 Å². The lowest BCUT2D eigenvalue weighted by molar-refractivity contribution is 0.263. The Hall–Kier alpha value is -5.40. The Bertz CT molecular complexity index is 1570. The van der Waals surface area contributed by atoms with E-state index in [0.29, 0.717) is 6.61 Å². The maximum Gasteiger partial charge on any atom is 0.119 e. The Balaban J connectivity index is 1.22. The van der Waals surface area contributed by atoms with E-state index in [1.807, 2.05) is 109 Å². The Labute approximate surface area is 258 Å². The highest BCUT2D eigenvalue weighted by atomic mass is 16.6. The van der Waals surface area contributed by atoms with Gasteiger partial charge in [0.1, 0.15) is 18.5 Å². The molecule has 1 aliphatic rings. The molecule has 0 aliphatic carbocycles. The molecule has 1 heterocycles. The van der Waals surface area contributed by atoms with Crippen molar-refractivity contribution in [1.82, 2.24) is 0 Å². The first-order valence-corrected chi connectivity index (χ1v) is 14.6. The van der Waals surface area contributed by atoms with Crippen LogP contribution in [0, 0.1) is 0 Å². The van der Waals surface area contributed by atoms with Crippen molar-refractivity contribution in [1.29, 1.82) is 0 Å². The molecule has 0 radical (unpaired) electrons. The lowest BCUT2D eigenvalue weighted by Gasteiger charge is -2.26. The highest BCUT2D eigenvalue weighted by molar-refractivity contribution is 5.85. The van der Waals surface area contributed by atoms with Gasteiger partial charge in [-0.1, -0.05) is 60.7 Å². The molecule has 0 aromatic heterocycles. The van der Waals surface area contributed by atoms with Crippen LogP contribution in [0.2, 0.25) is 0 Å². The minimum atomic E-state index is 0.218. The van der Waals surface area contributed by atoms with Crippen molar-refractivity contribution in [2.75, 3.05) is 42.2 Å². The van der Waals surface area contributed by atoms with Gasteiger partial charge >= 0.3 is 0 Å². The van der Waals surface area contributed by atoms with Crippen LogP contribution in [0.5, 0.6) is 5.75 Å². The second kappa shape index (κ2) is 13.7. The van der Waals surface area contributed by atoms with Crippen LogP contribution in [0.3, 0.4) is 0 Å². The summed E-state index contributed by atoms with van der Waals surface area (Å²) in [5.74, 6) is 0.826. The molecule has 0 bridgehead atoms. The number of rotatable bonds is 12. The van der Waals surface area contributed by atoms with E-state index in [1.54, 1.807) is 0 Å². The molecule has 6 rings (SSSR count). The van der Waals surface area contributed by atoms with Gasteiger partial charge in [0.25, 0.3) is 0 Å². The van der Waals surface area contributed by atoms with Crippen LogP contribution in [0.1, 0.15) is 11.1 Å². The number of anilines is 5.